The van der Waals surface area contributed by atoms with Crippen molar-refractivity contribution >= 4 is 0 Å². The van der Waals surface area contributed by atoms with E-state index in [4.69, 9.17) is 0 Å². The van der Waals surface area contributed by atoms with E-state index in [1.54, 1.807) is 0 Å². The summed E-state index contributed by atoms with van der Waals surface area (Å²) in [5, 5.41) is 0. The fourth-order valence-corrected chi connectivity index (χ4v) is 2.34. The molecule has 3 atom stereocenters. The van der Waals surface area contributed by atoms with Crippen LogP contribution in [0.1, 0.15) is 40.5 Å². The van der Waals surface area contributed by atoms with E-state index < -0.39 is 0 Å². The van der Waals surface area contributed by atoms with Crippen LogP contribution in [-0.2, 0) is 0 Å². The smallest absolute Gasteiger partial charge is 0.0363 e. The van der Waals surface area contributed by atoms with Crippen LogP contribution in [0, 0.1) is 23.7 Å². The Morgan fingerprint density at radius 2 is 1.70 bits per heavy atom. The van der Waals surface area contributed by atoms with E-state index in [9.17, 15) is 0 Å². The van der Waals surface area contributed by atoms with Crippen LogP contribution in [0.25, 0.3) is 0 Å². The fraction of sp³-hybridized carbons (Fsp3) is 1.00. The molecule has 0 aliphatic heterocycles. The summed E-state index contributed by atoms with van der Waals surface area (Å²) in [7, 11) is 0. The number of hydrogen-bond acceptors (Lipinski definition) is 0. The maximum atomic E-state index is 2.42. The van der Waals surface area contributed by atoms with Gasteiger partial charge in [0.15, 0.2) is 0 Å². The Bertz CT molecular complexity index is 105. The standard InChI is InChI=1S/C10H20/c1-7(2)10-6-5-8(3)9(10)4/h7-10H,5-6H2,1-4H3/t8-,9+,10-/m1/s1. The zero-order chi connectivity index (χ0) is 7.72. The molecule has 0 N–H and O–H groups in total. The van der Waals surface area contributed by atoms with Crippen molar-refractivity contribution in [1.82, 2.24) is 0 Å². The van der Waals surface area contributed by atoms with Gasteiger partial charge in [-0.15, -0.1) is 0 Å². The van der Waals surface area contributed by atoms with Crippen molar-refractivity contribution in [1.29, 1.82) is 0 Å². The van der Waals surface area contributed by atoms with Crippen LogP contribution in [0.15, 0.2) is 0 Å². The molecule has 1 saturated carbocycles. The summed E-state index contributed by atoms with van der Waals surface area (Å²) >= 11 is 0. The van der Waals surface area contributed by atoms with Gasteiger partial charge in [0.05, 0.1) is 0 Å². The highest BCUT2D eigenvalue weighted by atomic mass is 14.4. The van der Waals surface area contributed by atoms with Crippen molar-refractivity contribution in [3.05, 3.63) is 0 Å². The minimum Gasteiger partial charge on any atom is -0.0625 e. The molecular formula is C10H20. The largest absolute Gasteiger partial charge is 0.0625 e. The molecule has 0 nitrogen and oxygen atoms in total. The molecule has 0 aromatic rings. The number of rotatable bonds is 1. The van der Waals surface area contributed by atoms with Crippen LogP contribution >= 0.6 is 0 Å². The highest BCUT2D eigenvalue weighted by Crippen LogP contribution is 2.40. The van der Waals surface area contributed by atoms with Gasteiger partial charge in [-0.25, -0.2) is 0 Å². The van der Waals surface area contributed by atoms with Crippen LogP contribution < -0.4 is 0 Å². The summed E-state index contributed by atoms with van der Waals surface area (Å²) in [5.74, 6) is 3.86. The average molecular weight is 140 g/mol. The lowest BCUT2D eigenvalue weighted by Crippen LogP contribution is -2.14. The molecule has 0 amide bonds. The molecule has 0 spiro atoms. The zero-order valence-corrected chi connectivity index (χ0v) is 7.72. The Kier molecular flexibility index (Phi) is 2.38. The lowest BCUT2D eigenvalue weighted by molar-refractivity contribution is 0.282. The van der Waals surface area contributed by atoms with Gasteiger partial charge in [-0.1, -0.05) is 34.1 Å². The maximum Gasteiger partial charge on any atom is -0.0363 e. The third-order valence-electron chi connectivity index (χ3n) is 3.38. The van der Waals surface area contributed by atoms with Gasteiger partial charge in [-0.3, -0.25) is 0 Å². The molecule has 1 fully saturated rings. The molecule has 0 aromatic carbocycles. The van der Waals surface area contributed by atoms with Gasteiger partial charge in [-0.2, -0.15) is 0 Å². The van der Waals surface area contributed by atoms with Gasteiger partial charge >= 0.3 is 0 Å². The summed E-state index contributed by atoms with van der Waals surface area (Å²) < 4.78 is 0. The molecule has 1 aliphatic rings. The predicted molar refractivity (Wildman–Crippen MR) is 45.9 cm³/mol. The first-order valence-corrected chi connectivity index (χ1v) is 4.63. The van der Waals surface area contributed by atoms with Gasteiger partial charge in [0.1, 0.15) is 0 Å². The Labute approximate surface area is 65.0 Å². The molecule has 0 radical (unpaired) electrons. The molecule has 0 saturated heterocycles. The summed E-state index contributed by atoms with van der Waals surface area (Å²) in [4.78, 5) is 0. The van der Waals surface area contributed by atoms with Gasteiger partial charge in [0, 0.05) is 0 Å². The lowest BCUT2D eigenvalue weighted by atomic mass is 9.85. The first-order chi connectivity index (χ1) is 4.63. The van der Waals surface area contributed by atoms with Crippen molar-refractivity contribution in [3.63, 3.8) is 0 Å². The van der Waals surface area contributed by atoms with E-state index in [2.05, 4.69) is 27.7 Å². The fourth-order valence-electron chi connectivity index (χ4n) is 2.34. The summed E-state index contributed by atoms with van der Waals surface area (Å²) in [5.41, 5.74) is 0. The van der Waals surface area contributed by atoms with E-state index in [0.29, 0.717) is 0 Å². The summed E-state index contributed by atoms with van der Waals surface area (Å²) in [6.07, 6.45) is 2.93. The second-order valence-electron chi connectivity index (χ2n) is 4.32. The Morgan fingerprint density at radius 1 is 1.10 bits per heavy atom. The topological polar surface area (TPSA) is 0 Å². The minimum absolute atomic E-state index is 0.903. The van der Waals surface area contributed by atoms with E-state index in [-0.39, 0.29) is 0 Å². The monoisotopic (exact) mass is 140 g/mol. The molecule has 0 aromatic heterocycles. The Morgan fingerprint density at radius 3 is 1.90 bits per heavy atom. The van der Waals surface area contributed by atoms with Crippen molar-refractivity contribution in [2.75, 3.05) is 0 Å². The first-order valence-electron chi connectivity index (χ1n) is 4.63. The highest BCUT2D eigenvalue weighted by molar-refractivity contribution is 4.81. The normalized spacial score (nSPS) is 41.1. The molecule has 1 aliphatic carbocycles. The lowest BCUT2D eigenvalue weighted by Gasteiger charge is -2.21. The molecular weight excluding hydrogens is 120 g/mol. The van der Waals surface area contributed by atoms with Crippen LogP contribution in [0.5, 0.6) is 0 Å². The van der Waals surface area contributed by atoms with E-state index in [1.165, 1.54) is 12.8 Å². The molecule has 0 bridgehead atoms. The maximum absolute atomic E-state index is 2.42. The van der Waals surface area contributed by atoms with Gasteiger partial charge in [-0.05, 0) is 30.1 Å². The average Bonchev–Trinajstić information content (AvgIpc) is 2.14. The van der Waals surface area contributed by atoms with Gasteiger partial charge in [0.2, 0.25) is 0 Å². The van der Waals surface area contributed by atoms with Crippen molar-refractivity contribution in [2.45, 2.75) is 40.5 Å². The van der Waals surface area contributed by atoms with Crippen LogP contribution in [0.3, 0.4) is 0 Å². The molecule has 0 heterocycles. The summed E-state index contributed by atoms with van der Waals surface area (Å²) in [6.45, 7) is 9.54. The molecule has 0 unspecified atom stereocenters. The highest BCUT2D eigenvalue weighted by Gasteiger charge is 2.31. The van der Waals surface area contributed by atoms with Crippen molar-refractivity contribution in [2.24, 2.45) is 23.7 Å². The van der Waals surface area contributed by atoms with Crippen molar-refractivity contribution in [3.8, 4) is 0 Å². The first kappa shape index (κ1) is 8.10. The van der Waals surface area contributed by atoms with Gasteiger partial charge < -0.3 is 0 Å². The predicted octanol–water partition coefficient (Wildman–Crippen LogP) is 3.32. The quantitative estimate of drug-likeness (QED) is 0.524. The zero-order valence-electron chi connectivity index (χ0n) is 7.72. The minimum atomic E-state index is 0.903. The number of hydrogen-bond donors (Lipinski definition) is 0. The SMILES string of the molecule is CC(C)[C@H]1CC[C@@H](C)[C@@H]1C. The molecule has 10 heavy (non-hydrogen) atoms. The van der Waals surface area contributed by atoms with Crippen LogP contribution in [0.4, 0.5) is 0 Å². The molecule has 60 valence electrons. The molecule has 0 heteroatoms. The van der Waals surface area contributed by atoms with E-state index >= 15 is 0 Å². The van der Waals surface area contributed by atoms with E-state index in [1.807, 2.05) is 0 Å². The third-order valence-corrected chi connectivity index (χ3v) is 3.38. The van der Waals surface area contributed by atoms with Crippen LogP contribution in [0.2, 0.25) is 0 Å². The van der Waals surface area contributed by atoms with Crippen LogP contribution in [-0.4, -0.2) is 0 Å². The van der Waals surface area contributed by atoms with Gasteiger partial charge in [0.25, 0.3) is 0 Å². The molecule has 1 rings (SSSR count). The summed E-state index contributed by atoms with van der Waals surface area (Å²) in [6, 6.07) is 0. The second-order valence-corrected chi connectivity index (χ2v) is 4.32. The third kappa shape index (κ3) is 1.36. The van der Waals surface area contributed by atoms with Crippen molar-refractivity contribution < 1.29 is 0 Å². The second kappa shape index (κ2) is 2.94. The van der Waals surface area contributed by atoms with E-state index in [0.717, 1.165) is 23.7 Å². The Hall–Kier alpha value is 0. The Balaban J connectivity index is 2.49.